The van der Waals surface area contributed by atoms with E-state index in [0.29, 0.717) is 6.04 Å². The molecule has 0 amide bonds. The van der Waals surface area contributed by atoms with Crippen LogP contribution in [0.3, 0.4) is 0 Å². The van der Waals surface area contributed by atoms with Gasteiger partial charge in [0.25, 0.3) is 0 Å². The van der Waals surface area contributed by atoms with Crippen LogP contribution in [0.1, 0.15) is 19.3 Å². The lowest BCUT2D eigenvalue weighted by atomic mass is 9.94. The van der Waals surface area contributed by atoms with Crippen LogP contribution in [0.25, 0.3) is 11.2 Å². The van der Waals surface area contributed by atoms with Crippen molar-refractivity contribution in [3.63, 3.8) is 0 Å². The van der Waals surface area contributed by atoms with Gasteiger partial charge in [0.05, 0.1) is 6.20 Å². The fraction of sp³-hybridized carbons (Fsp3) is 0.444. The van der Waals surface area contributed by atoms with E-state index in [4.69, 9.17) is 0 Å². The van der Waals surface area contributed by atoms with Crippen molar-refractivity contribution < 1.29 is 0 Å². The van der Waals surface area contributed by atoms with E-state index in [9.17, 15) is 0 Å². The lowest BCUT2D eigenvalue weighted by molar-refractivity contribution is 0.417. The van der Waals surface area contributed by atoms with Gasteiger partial charge in [0, 0.05) is 6.04 Å². The predicted octanol–water partition coefficient (Wildman–Crippen LogP) is 0.922. The third-order valence-corrected chi connectivity index (χ3v) is 2.64. The quantitative estimate of drug-likeness (QED) is 0.763. The maximum atomic E-state index is 4.21. The summed E-state index contributed by atoms with van der Waals surface area (Å²) in [5.41, 5.74) is 5.05. The number of hydrogen-bond acceptors (Lipinski definition) is 4. The number of hydrogen-bond donors (Lipinski definition) is 1. The molecule has 0 bridgehead atoms. The molecule has 0 aliphatic heterocycles. The topological polar surface area (TPSA) is 55.6 Å². The van der Waals surface area contributed by atoms with Crippen LogP contribution in [0.4, 0.5) is 0 Å². The second kappa shape index (κ2) is 2.94. The highest BCUT2D eigenvalue weighted by molar-refractivity contribution is 5.69. The lowest BCUT2D eigenvalue weighted by Crippen LogP contribution is -2.33. The minimum Gasteiger partial charge on any atom is -0.320 e. The SMILES string of the molecule is c1ncc2ncn(NC3CCC3)c2n1. The van der Waals surface area contributed by atoms with Gasteiger partial charge in [-0.1, -0.05) is 0 Å². The van der Waals surface area contributed by atoms with Crippen molar-refractivity contribution in [2.45, 2.75) is 25.3 Å². The van der Waals surface area contributed by atoms with Crippen LogP contribution in [0.2, 0.25) is 0 Å². The van der Waals surface area contributed by atoms with E-state index < -0.39 is 0 Å². The first-order valence-corrected chi connectivity index (χ1v) is 4.83. The predicted molar refractivity (Wildman–Crippen MR) is 52.3 cm³/mol. The Morgan fingerprint density at radius 2 is 2.29 bits per heavy atom. The Morgan fingerprint density at radius 1 is 1.36 bits per heavy atom. The fourth-order valence-electron chi connectivity index (χ4n) is 1.60. The first-order valence-electron chi connectivity index (χ1n) is 4.83. The monoisotopic (exact) mass is 189 g/mol. The van der Waals surface area contributed by atoms with Gasteiger partial charge in [-0.3, -0.25) is 0 Å². The first-order chi connectivity index (χ1) is 6.93. The summed E-state index contributed by atoms with van der Waals surface area (Å²) in [5, 5.41) is 0. The molecule has 0 aromatic carbocycles. The molecule has 0 unspecified atom stereocenters. The van der Waals surface area contributed by atoms with Crippen molar-refractivity contribution >= 4 is 11.2 Å². The Hall–Kier alpha value is -1.65. The minimum absolute atomic E-state index is 0.586. The molecular formula is C9H11N5. The van der Waals surface area contributed by atoms with Crippen molar-refractivity contribution in [2.75, 3.05) is 5.43 Å². The van der Waals surface area contributed by atoms with Gasteiger partial charge < -0.3 is 5.43 Å². The molecule has 2 aromatic heterocycles. The molecule has 0 radical (unpaired) electrons. The largest absolute Gasteiger partial charge is 0.320 e. The Bertz CT molecular complexity index is 445. The van der Waals surface area contributed by atoms with Gasteiger partial charge >= 0.3 is 0 Å². The highest BCUT2D eigenvalue weighted by atomic mass is 15.5. The number of aromatic nitrogens is 4. The standard InChI is InChI=1S/C9H11N5/c1-2-7(3-1)13-14-6-12-8-4-10-5-11-9(8)14/h4-7,13H,1-3H2. The maximum Gasteiger partial charge on any atom is 0.181 e. The van der Waals surface area contributed by atoms with Crippen LogP contribution < -0.4 is 5.43 Å². The zero-order chi connectivity index (χ0) is 9.38. The van der Waals surface area contributed by atoms with E-state index in [2.05, 4.69) is 20.4 Å². The molecule has 1 saturated carbocycles. The summed E-state index contributed by atoms with van der Waals surface area (Å²) in [5.74, 6) is 0. The van der Waals surface area contributed by atoms with Crippen molar-refractivity contribution in [1.82, 2.24) is 19.6 Å². The molecule has 0 saturated heterocycles. The molecule has 14 heavy (non-hydrogen) atoms. The molecule has 0 atom stereocenters. The Labute approximate surface area is 81.2 Å². The van der Waals surface area contributed by atoms with E-state index in [1.807, 2.05) is 4.68 Å². The van der Waals surface area contributed by atoms with Crippen LogP contribution in [-0.2, 0) is 0 Å². The molecule has 2 aromatic rings. The average molecular weight is 189 g/mol. The van der Waals surface area contributed by atoms with E-state index in [1.165, 1.54) is 19.3 Å². The van der Waals surface area contributed by atoms with Gasteiger partial charge in [0.15, 0.2) is 5.65 Å². The number of rotatable bonds is 2. The van der Waals surface area contributed by atoms with Crippen LogP contribution in [0.5, 0.6) is 0 Å². The summed E-state index contributed by atoms with van der Waals surface area (Å²) in [6.45, 7) is 0. The Morgan fingerprint density at radius 3 is 3.07 bits per heavy atom. The molecular weight excluding hydrogens is 178 g/mol. The smallest absolute Gasteiger partial charge is 0.181 e. The fourth-order valence-corrected chi connectivity index (χ4v) is 1.60. The normalized spacial score (nSPS) is 16.9. The second-order valence-corrected chi connectivity index (χ2v) is 3.60. The molecule has 0 spiro atoms. The van der Waals surface area contributed by atoms with Gasteiger partial charge in [-0.2, -0.15) is 0 Å². The number of imidazole rings is 1. The molecule has 1 aliphatic rings. The van der Waals surface area contributed by atoms with Crippen molar-refractivity contribution in [1.29, 1.82) is 0 Å². The molecule has 1 N–H and O–H groups in total. The third-order valence-electron chi connectivity index (χ3n) is 2.64. The second-order valence-electron chi connectivity index (χ2n) is 3.60. The summed E-state index contributed by atoms with van der Waals surface area (Å²) < 4.78 is 1.89. The van der Waals surface area contributed by atoms with Crippen molar-refractivity contribution in [3.05, 3.63) is 18.9 Å². The lowest BCUT2D eigenvalue weighted by Gasteiger charge is -2.27. The van der Waals surface area contributed by atoms with E-state index in [1.54, 1.807) is 18.9 Å². The molecule has 3 rings (SSSR count). The van der Waals surface area contributed by atoms with Crippen LogP contribution in [0, 0.1) is 0 Å². The summed E-state index contributed by atoms with van der Waals surface area (Å²) >= 11 is 0. The van der Waals surface area contributed by atoms with E-state index in [-0.39, 0.29) is 0 Å². The zero-order valence-electron chi connectivity index (χ0n) is 7.72. The Kier molecular flexibility index (Phi) is 1.62. The number of nitrogens with one attached hydrogen (secondary N) is 1. The molecule has 2 heterocycles. The van der Waals surface area contributed by atoms with Crippen LogP contribution in [-0.4, -0.2) is 25.7 Å². The maximum absolute atomic E-state index is 4.21. The van der Waals surface area contributed by atoms with E-state index >= 15 is 0 Å². The average Bonchev–Trinajstić information content (AvgIpc) is 2.55. The molecule has 5 nitrogen and oxygen atoms in total. The summed E-state index contributed by atoms with van der Waals surface area (Å²) in [6.07, 6.45) is 8.83. The minimum atomic E-state index is 0.586. The molecule has 1 fully saturated rings. The van der Waals surface area contributed by atoms with Crippen LogP contribution in [0.15, 0.2) is 18.9 Å². The van der Waals surface area contributed by atoms with Crippen LogP contribution >= 0.6 is 0 Å². The number of nitrogens with zero attached hydrogens (tertiary/aromatic N) is 4. The summed E-state index contributed by atoms with van der Waals surface area (Å²) in [6, 6.07) is 0.586. The van der Waals surface area contributed by atoms with Gasteiger partial charge in [-0.15, -0.1) is 0 Å². The Balaban J connectivity index is 1.95. The summed E-state index contributed by atoms with van der Waals surface area (Å²) in [7, 11) is 0. The van der Waals surface area contributed by atoms with Gasteiger partial charge in [0.1, 0.15) is 18.2 Å². The zero-order valence-corrected chi connectivity index (χ0v) is 7.72. The van der Waals surface area contributed by atoms with Crippen molar-refractivity contribution in [3.8, 4) is 0 Å². The third kappa shape index (κ3) is 1.13. The molecule has 72 valence electrons. The van der Waals surface area contributed by atoms with Crippen molar-refractivity contribution in [2.24, 2.45) is 0 Å². The molecule has 5 heteroatoms. The van der Waals surface area contributed by atoms with E-state index in [0.717, 1.165) is 11.2 Å². The first kappa shape index (κ1) is 7.73. The highest BCUT2D eigenvalue weighted by Gasteiger charge is 2.17. The van der Waals surface area contributed by atoms with Gasteiger partial charge in [0.2, 0.25) is 0 Å². The molecule has 1 aliphatic carbocycles. The van der Waals surface area contributed by atoms with Gasteiger partial charge in [-0.25, -0.2) is 19.6 Å². The number of fused-ring (bicyclic) bond motifs is 1. The van der Waals surface area contributed by atoms with Gasteiger partial charge in [-0.05, 0) is 19.3 Å². The highest BCUT2D eigenvalue weighted by Crippen LogP contribution is 2.19. The summed E-state index contributed by atoms with van der Waals surface area (Å²) in [4.78, 5) is 12.3.